The van der Waals surface area contributed by atoms with E-state index in [1.54, 1.807) is 0 Å². The molecule has 0 radical (unpaired) electrons. The third-order valence-corrected chi connectivity index (χ3v) is 2.29. The number of rotatable bonds is 3. The molecule has 0 aromatic rings. The SMILES string of the molecule is CC(C)(C)C[N+]([O-])(CC(C)(C)C)CC(C)(C)C. The maximum Gasteiger partial charge on any atom is 0.0833 e. The predicted octanol–water partition coefficient (Wildman–Crippen LogP) is 4.44. The minimum absolute atomic E-state index is 0.0729. The van der Waals surface area contributed by atoms with Crippen LogP contribution in [0.15, 0.2) is 0 Å². The van der Waals surface area contributed by atoms with E-state index in [1.807, 2.05) is 0 Å². The Morgan fingerprint density at radius 2 is 0.765 bits per heavy atom. The topological polar surface area (TPSA) is 23.1 Å². The fraction of sp³-hybridized carbons (Fsp3) is 1.00. The van der Waals surface area contributed by atoms with Crippen molar-refractivity contribution in [3.63, 3.8) is 0 Å². The second-order valence-electron chi connectivity index (χ2n) is 9.21. The lowest BCUT2D eigenvalue weighted by molar-refractivity contribution is -0.898. The zero-order valence-electron chi connectivity index (χ0n) is 13.5. The Kier molecular flexibility index (Phi) is 4.87. The first kappa shape index (κ1) is 16.9. The van der Waals surface area contributed by atoms with Gasteiger partial charge < -0.3 is 9.85 Å². The normalized spacial score (nSPS) is 15.2. The molecular weight excluding hydrogens is 210 g/mol. The Hall–Kier alpha value is -0.0800. The molecule has 0 heterocycles. The standard InChI is InChI=1S/C15H33NO/c1-13(2,3)10-16(17,11-14(4,5)6)12-15(7,8)9/h10-12H2,1-9H3. The molecule has 104 valence electrons. The van der Waals surface area contributed by atoms with Gasteiger partial charge in [-0.25, -0.2) is 0 Å². The molecule has 0 aromatic heterocycles. The minimum Gasteiger partial charge on any atom is -0.633 e. The molecule has 0 atom stereocenters. The molecule has 0 saturated heterocycles. The summed E-state index contributed by atoms with van der Waals surface area (Å²) in [7, 11) is 0. The van der Waals surface area contributed by atoms with E-state index in [1.165, 1.54) is 0 Å². The molecule has 0 bridgehead atoms. The van der Waals surface area contributed by atoms with Crippen molar-refractivity contribution in [3.05, 3.63) is 5.21 Å². The van der Waals surface area contributed by atoms with Crippen LogP contribution in [0.1, 0.15) is 62.3 Å². The van der Waals surface area contributed by atoms with Crippen molar-refractivity contribution in [1.82, 2.24) is 0 Å². The third-order valence-electron chi connectivity index (χ3n) is 2.29. The van der Waals surface area contributed by atoms with Gasteiger partial charge in [0.2, 0.25) is 0 Å². The molecule has 0 fully saturated rings. The Morgan fingerprint density at radius 1 is 0.588 bits per heavy atom. The van der Waals surface area contributed by atoms with Gasteiger partial charge in [-0.3, -0.25) is 0 Å². The van der Waals surface area contributed by atoms with Gasteiger partial charge in [-0.1, -0.05) is 62.3 Å². The largest absolute Gasteiger partial charge is 0.633 e. The highest BCUT2D eigenvalue weighted by Gasteiger charge is 2.33. The van der Waals surface area contributed by atoms with Crippen LogP contribution in [0.25, 0.3) is 0 Å². The Morgan fingerprint density at radius 3 is 0.882 bits per heavy atom. The molecule has 0 aliphatic heterocycles. The van der Waals surface area contributed by atoms with Gasteiger partial charge in [0.25, 0.3) is 0 Å². The number of hydrogen-bond acceptors (Lipinski definition) is 1. The summed E-state index contributed by atoms with van der Waals surface area (Å²) in [5.41, 5.74) is 0.245. The van der Waals surface area contributed by atoms with Crippen LogP contribution in [0.3, 0.4) is 0 Å². The number of nitrogens with zero attached hydrogens (tertiary/aromatic N) is 1. The fourth-order valence-corrected chi connectivity index (χ4v) is 2.76. The summed E-state index contributed by atoms with van der Waals surface area (Å²) in [6.45, 7) is 21.5. The van der Waals surface area contributed by atoms with E-state index in [0.717, 1.165) is 0 Å². The smallest absolute Gasteiger partial charge is 0.0833 e. The molecular formula is C15H33NO. The van der Waals surface area contributed by atoms with Crippen molar-refractivity contribution >= 4 is 0 Å². The van der Waals surface area contributed by atoms with Gasteiger partial charge in [0, 0.05) is 16.2 Å². The summed E-state index contributed by atoms with van der Waals surface area (Å²) in [5.74, 6) is 0. The highest BCUT2D eigenvalue weighted by atomic mass is 16.5. The summed E-state index contributed by atoms with van der Waals surface area (Å²) in [4.78, 5) is 0. The minimum atomic E-state index is -0.0729. The van der Waals surface area contributed by atoms with Gasteiger partial charge in [0.1, 0.15) is 0 Å². The Balaban J connectivity index is 4.95. The maximum absolute atomic E-state index is 13.1. The average Bonchev–Trinajstić information content (AvgIpc) is 1.65. The summed E-state index contributed by atoms with van der Waals surface area (Å²) in [6, 6.07) is 0. The Bertz CT molecular complexity index is 196. The zero-order valence-corrected chi connectivity index (χ0v) is 13.5. The predicted molar refractivity (Wildman–Crippen MR) is 76.6 cm³/mol. The maximum atomic E-state index is 13.1. The number of hydroxylamine groups is 3. The number of hydrogen-bond donors (Lipinski definition) is 0. The van der Waals surface area contributed by atoms with Crippen LogP contribution < -0.4 is 0 Å². The summed E-state index contributed by atoms with van der Waals surface area (Å²) in [6.07, 6.45) is 0. The van der Waals surface area contributed by atoms with Crippen LogP contribution in [0, 0.1) is 21.5 Å². The van der Waals surface area contributed by atoms with Crippen molar-refractivity contribution in [2.75, 3.05) is 19.6 Å². The lowest BCUT2D eigenvalue weighted by Crippen LogP contribution is -2.55. The lowest BCUT2D eigenvalue weighted by Gasteiger charge is -2.52. The van der Waals surface area contributed by atoms with Gasteiger partial charge in [0.15, 0.2) is 0 Å². The van der Waals surface area contributed by atoms with Crippen LogP contribution in [0.2, 0.25) is 0 Å². The quantitative estimate of drug-likeness (QED) is 0.531. The van der Waals surface area contributed by atoms with Crippen LogP contribution >= 0.6 is 0 Å². The van der Waals surface area contributed by atoms with E-state index in [2.05, 4.69) is 62.3 Å². The summed E-state index contributed by atoms with van der Waals surface area (Å²) in [5, 5.41) is 13.1. The van der Waals surface area contributed by atoms with E-state index < -0.39 is 0 Å². The fourth-order valence-electron chi connectivity index (χ4n) is 2.76. The van der Waals surface area contributed by atoms with E-state index >= 15 is 0 Å². The van der Waals surface area contributed by atoms with Crippen LogP contribution in [-0.2, 0) is 0 Å². The zero-order chi connectivity index (χ0) is 14.1. The van der Waals surface area contributed by atoms with E-state index in [0.29, 0.717) is 19.6 Å². The van der Waals surface area contributed by atoms with Gasteiger partial charge in [-0.2, -0.15) is 0 Å². The molecule has 2 heteroatoms. The van der Waals surface area contributed by atoms with Crippen molar-refractivity contribution in [2.45, 2.75) is 62.3 Å². The van der Waals surface area contributed by atoms with Gasteiger partial charge >= 0.3 is 0 Å². The van der Waals surface area contributed by atoms with E-state index in [4.69, 9.17) is 0 Å². The first-order valence-electron chi connectivity index (χ1n) is 6.69. The van der Waals surface area contributed by atoms with Crippen LogP contribution in [-0.4, -0.2) is 24.3 Å². The molecule has 0 unspecified atom stereocenters. The van der Waals surface area contributed by atoms with Crippen molar-refractivity contribution in [1.29, 1.82) is 0 Å². The number of quaternary nitrogens is 1. The molecule has 17 heavy (non-hydrogen) atoms. The molecule has 0 saturated carbocycles. The highest BCUT2D eigenvalue weighted by molar-refractivity contribution is 4.70. The third kappa shape index (κ3) is 9.61. The molecule has 0 N–H and O–H groups in total. The lowest BCUT2D eigenvalue weighted by atomic mass is 9.88. The van der Waals surface area contributed by atoms with Gasteiger partial charge in [-0.05, 0) is 0 Å². The van der Waals surface area contributed by atoms with Gasteiger partial charge in [0.05, 0.1) is 19.6 Å². The molecule has 0 aromatic carbocycles. The molecule has 2 nitrogen and oxygen atoms in total. The highest BCUT2D eigenvalue weighted by Crippen LogP contribution is 2.30. The van der Waals surface area contributed by atoms with E-state index in [-0.39, 0.29) is 20.9 Å². The molecule has 0 amide bonds. The second-order valence-corrected chi connectivity index (χ2v) is 9.21. The van der Waals surface area contributed by atoms with E-state index in [9.17, 15) is 5.21 Å². The first-order chi connectivity index (χ1) is 7.12. The molecule has 0 aliphatic carbocycles. The monoisotopic (exact) mass is 243 g/mol. The second kappa shape index (κ2) is 4.89. The average molecular weight is 243 g/mol. The summed E-state index contributed by atoms with van der Waals surface area (Å²) >= 11 is 0. The Labute approximate surface area is 109 Å². The van der Waals surface area contributed by atoms with Crippen LogP contribution in [0.5, 0.6) is 0 Å². The molecule has 0 aliphatic rings. The molecule has 0 spiro atoms. The van der Waals surface area contributed by atoms with Crippen molar-refractivity contribution < 1.29 is 4.65 Å². The molecule has 0 rings (SSSR count). The van der Waals surface area contributed by atoms with Gasteiger partial charge in [-0.15, -0.1) is 0 Å². The summed E-state index contributed by atoms with van der Waals surface area (Å²) < 4.78 is -0.0729. The van der Waals surface area contributed by atoms with Crippen molar-refractivity contribution in [3.8, 4) is 0 Å². The first-order valence-corrected chi connectivity index (χ1v) is 6.69. The van der Waals surface area contributed by atoms with Crippen molar-refractivity contribution in [2.24, 2.45) is 16.2 Å². The van der Waals surface area contributed by atoms with Crippen LogP contribution in [0.4, 0.5) is 0 Å².